The molecule has 14 rings (SSSR count). The molecule has 8 aromatic rings. The molecule has 2 aliphatic heterocycles. The van der Waals surface area contributed by atoms with E-state index in [2.05, 4.69) is 182 Å². The van der Waals surface area contributed by atoms with Gasteiger partial charge in [0.1, 0.15) is 6.79 Å². The minimum atomic E-state index is -0.537. The Morgan fingerprint density at radius 1 is 0.390 bits per heavy atom. The Morgan fingerprint density at radius 3 is 0.974 bits per heavy atom. The summed E-state index contributed by atoms with van der Waals surface area (Å²) in [6.07, 6.45) is 0. The van der Waals surface area contributed by atoms with Gasteiger partial charge in [-0.2, -0.15) is 0 Å². The van der Waals surface area contributed by atoms with Gasteiger partial charge in [0.05, 0.1) is 24.2 Å². The van der Waals surface area contributed by atoms with Gasteiger partial charge in [-0.15, -0.1) is 0 Å². The second-order valence-corrected chi connectivity index (χ2v) is 22.5. The highest BCUT2D eigenvalue weighted by molar-refractivity contribution is 5.99. The van der Waals surface area contributed by atoms with Crippen molar-refractivity contribution < 1.29 is 9.47 Å². The zero-order valence-electron chi connectivity index (χ0n) is 46.4. The summed E-state index contributed by atoms with van der Waals surface area (Å²) in [5.41, 5.74) is 59.1. The first kappa shape index (κ1) is 50.2. The van der Waals surface area contributed by atoms with Crippen LogP contribution in [0.3, 0.4) is 0 Å². The lowest BCUT2D eigenvalue weighted by molar-refractivity contribution is -0.00272. The van der Waals surface area contributed by atoms with Crippen LogP contribution in [0.15, 0.2) is 121 Å². The molecule has 0 unspecified atom stereocenters. The molecule has 0 bridgehead atoms. The van der Waals surface area contributed by atoms with Crippen LogP contribution in [0.4, 0.5) is 34.1 Å². The summed E-state index contributed by atoms with van der Waals surface area (Å²) in [6, 6.07) is 44.9. The predicted molar refractivity (Wildman–Crippen MR) is 320 cm³/mol. The number of rotatable bonds is 4. The summed E-state index contributed by atoms with van der Waals surface area (Å²) >= 11 is 0. The molecule has 0 fully saturated rings. The van der Waals surface area contributed by atoms with Crippen LogP contribution in [0, 0.1) is 27.7 Å². The standard InChI is InChI=1S/C39H44N4.C25H20N4.C3H8O2/c1-9-42-21-40(7)19-27-15-31-29-11-23(3)25(5)13-33(29)39(35(31)17-37(27)42)34-14-26(6)24(4)12-30(34)32-16-28-20-41(8)22-43(10-2)38(28)18-36(32)39;26-13-1-5-17-18-6-2-14(27)10-22(18)25(21(17)9-13)23-11-15(28)3-7-19(23)20-8-4-16(29)12-24(20)25;1-4-3-5-2/h11-18H,9-10,19-22H2,1-8H3;1-12H,26-29H2;3H2,1-2H3. The lowest BCUT2D eigenvalue weighted by Crippen LogP contribution is -2.40. The Labute approximate surface area is 454 Å². The molecule has 10 nitrogen and oxygen atoms in total. The minimum absolute atomic E-state index is 0.332. The number of anilines is 6. The summed E-state index contributed by atoms with van der Waals surface area (Å²) in [6.45, 7) is 20.1. The number of nitrogens with zero attached hydrogens (tertiary/aromatic N) is 4. The van der Waals surface area contributed by atoms with Crippen LogP contribution in [0.25, 0.3) is 44.5 Å². The third-order valence-corrected chi connectivity index (χ3v) is 17.7. The highest BCUT2D eigenvalue weighted by Gasteiger charge is 2.54. The second-order valence-electron chi connectivity index (χ2n) is 22.5. The van der Waals surface area contributed by atoms with E-state index < -0.39 is 5.41 Å². The van der Waals surface area contributed by atoms with Crippen LogP contribution in [-0.4, -0.2) is 71.3 Å². The lowest BCUT2D eigenvalue weighted by atomic mass is 9.69. The first-order chi connectivity index (χ1) is 37.1. The number of nitrogens with two attached hydrogens (primary N) is 4. The molecular weight excluding hydrogens is 949 g/mol. The maximum absolute atomic E-state index is 6.27. The fourth-order valence-electron chi connectivity index (χ4n) is 14.1. The Hall–Kier alpha value is -7.60. The molecule has 0 aromatic heterocycles. The molecule has 77 heavy (non-hydrogen) atoms. The van der Waals surface area contributed by atoms with Gasteiger partial charge in [0.2, 0.25) is 0 Å². The normalized spacial score (nSPS) is 16.0. The van der Waals surface area contributed by atoms with E-state index in [-0.39, 0.29) is 5.41 Å². The van der Waals surface area contributed by atoms with Crippen LogP contribution in [-0.2, 0) is 33.4 Å². The van der Waals surface area contributed by atoms with Crippen molar-refractivity contribution in [2.45, 2.75) is 65.5 Å². The van der Waals surface area contributed by atoms with Gasteiger partial charge in [0, 0.05) is 74.5 Å². The molecule has 2 spiro atoms. The van der Waals surface area contributed by atoms with Gasteiger partial charge in [0.25, 0.3) is 0 Å². The number of hydrogen-bond donors (Lipinski definition) is 4. The van der Waals surface area contributed by atoms with E-state index >= 15 is 0 Å². The molecule has 0 atom stereocenters. The van der Waals surface area contributed by atoms with E-state index in [0.29, 0.717) is 6.79 Å². The van der Waals surface area contributed by atoms with Crippen molar-refractivity contribution in [1.29, 1.82) is 0 Å². The smallest absolute Gasteiger partial charge is 0.145 e. The highest BCUT2D eigenvalue weighted by atomic mass is 16.6. The molecule has 10 heteroatoms. The molecule has 8 aromatic carbocycles. The number of ether oxygens (including phenoxy) is 2. The van der Waals surface area contributed by atoms with E-state index in [1.807, 2.05) is 24.3 Å². The zero-order chi connectivity index (χ0) is 54.0. The van der Waals surface area contributed by atoms with E-state index in [9.17, 15) is 0 Å². The predicted octanol–water partition coefficient (Wildman–Crippen LogP) is 12.3. The highest BCUT2D eigenvalue weighted by Crippen LogP contribution is 2.66. The zero-order valence-corrected chi connectivity index (χ0v) is 46.4. The lowest BCUT2D eigenvalue weighted by Gasteiger charge is -2.39. The summed E-state index contributed by atoms with van der Waals surface area (Å²) < 4.78 is 8.94. The van der Waals surface area contributed by atoms with Crippen LogP contribution in [0.2, 0.25) is 0 Å². The van der Waals surface area contributed by atoms with E-state index in [0.717, 1.165) is 107 Å². The fraction of sp³-hybridized carbons (Fsp3) is 0.284. The molecule has 6 aliphatic rings. The number of benzene rings is 8. The fourth-order valence-corrected chi connectivity index (χ4v) is 14.1. The first-order valence-corrected chi connectivity index (χ1v) is 27.1. The van der Waals surface area contributed by atoms with Crippen LogP contribution < -0.4 is 32.7 Å². The molecule has 4 aliphatic carbocycles. The van der Waals surface area contributed by atoms with E-state index in [1.54, 1.807) is 14.2 Å². The SMILES string of the molecule is CCN1CN(C)Cc2cc3c(cc21)C1(c2cc(C)c(C)cc2-3)c2cc(C)c(C)cc2-c2cc3c(cc21)N(CC)CN(C)C3.COCOC.Nc1ccc2c(c1)C1(c3cc(N)ccc3-2)c2cc(N)ccc2-c2ccc(N)cc21. The topological polar surface area (TPSA) is 136 Å². The van der Waals surface area contributed by atoms with Crippen molar-refractivity contribution in [2.24, 2.45) is 0 Å². The van der Waals surface area contributed by atoms with Gasteiger partial charge in [-0.3, -0.25) is 9.80 Å². The Morgan fingerprint density at radius 2 is 0.675 bits per heavy atom. The molecule has 2 heterocycles. The van der Waals surface area contributed by atoms with Crippen molar-refractivity contribution in [2.75, 3.05) is 94.3 Å². The molecule has 392 valence electrons. The van der Waals surface area contributed by atoms with Crippen molar-refractivity contribution in [1.82, 2.24) is 9.80 Å². The maximum atomic E-state index is 6.27. The number of nitrogen functional groups attached to an aromatic ring is 4. The summed E-state index contributed by atoms with van der Waals surface area (Å²) in [5, 5.41) is 0. The number of methoxy groups -OCH3 is 2. The summed E-state index contributed by atoms with van der Waals surface area (Å²) in [7, 11) is 7.67. The van der Waals surface area contributed by atoms with E-state index in [1.165, 1.54) is 89.3 Å². The molecular formula is C67H72N8O2. The molecule has 0 saturated heterocycles. The van der Waals surface area contributed by atoms with Crippen molar-refractivity contribution >= 4 is 34.1 Å². The van der Waals surface area contributed by atoms with Gasteiger partial charge >= 0.3 is 0 Å². The van der Waals surface area contributed by atoms with Crippen molar-refractivity contribution in [3.63, 3.8) is 0 Å². The van der Waals surface area contributed by atoms with Crippen molar-refractivity contribution in [3.05, 3.63) is 199 Å². The Bertz CT molecular complexity index is 3400. The van der Waals surface area contributed by atoms with Gasteiger partial charge in [-0.25, -0.2) is 0 Å². The maximum Gasteiger partial charge on any atom is 0.145 e. The van der Waals surface area contributed by atoms with Crippen LogP contribution >= 0.6 is 0 Å². The summed E-state index contributed by atoms with van der Waals surface area (Å²) in [5.74, 6) is 0. The average Bonchev–Trinajstić information content (AvgIpc) is 3.23. The van der Waals surface area contributed by atoms with Crippen LogP contribution in [0.1, 0.15) is 91.7 Å². The average molecular weight is 1020 g/mol. The number of fused-ring (bicyclic) bond motifs is 22. The third kappa shape index (κ3) is 7.36. The summed E-state index contributed by atoms with van der Waals surface area (Å²) in [4.78, 5) is 10.0. The first-order valence-electron chi connectivity index (χ1n) is 27.1. The van der Waals surface area contributed by atoms with Crippen LogP contribution in [0.5, 0.6) is 0 Å². The largest absolute Gasteiger partial charge is 0.399 e. The minimum Gasteiger partial charge on any atom is -0.399 e. The van der Waals surface area contributed by atoms with E-state index in [4.69, 9.17) is 22.9 Å². The Kier molecular flexibility index (Phi) is 12.1. The van der Waals surface area contributed by atoms with Gasteiger partial charge in [-0.05, 0) is 251 Å². The Balaban J connectivity index is 0.000000151. The molecule has 0 amide bonds. The number of aryl methyl sites for hydroxylation is 4. The monoisotopic (exact) mass is 1020 g/mol. The molecule has 0 saturated carbocycles. The molecule has 8 N–H and O–H groups in total. The third-order valence-electron chi connectivity index (χ3n) is 17.7. The second kappa shape index (κ2) is 18.6. The molecule has 0 radical (unpaired) electrons. The number of hydrogen-bond acceptors (Lipinski definition) is 10. The quantitative estimate of drug-likeness (QED) is 0.0997. The van der Waals surface area contributed by atoms with Gasteiger partial charge in [-0.1, -0.05) is 48.5 Å². The van der Waals surface area contributed by atoms with Gasteiger partial charge < -0.3 is 42.2 Å². The van der Waals surface area contributed by atoms with Gasteiger partial charge in [0.15, 0.2) is 0 Å². The van der Waals surface area contributed by atoms with Crippen molar-refractivity contribution in [3.8, 4) is 44.5 Å².